The van der Waals surface area contributed by atoms with E-state index < -0.39 is 71.3 Å². The van der Waals surface area contributed by atoms with Gasteiger partial charge in [0.2, 0.25) is 0 Å². The quantitative estimate of drug-likeness (QED) is 0.0992. The summed E-state index contributed by atoms with van der Waals surface area (Å²) in [4.78, 5) is 12.0. The van der Waals surface area contributed by atoms with Crippen LogP contribution in [0.25, 0.3) is 0 Å². The zero-order valence-corrected chi connectivity index (χ0v) is 17.9. The van der Waals surface area contributed by atoms with Gasteiger partial charge in [0.25, 0.3) is 0 Å². The fourth-order valence-corrected chi connectivity index (χ4v) is 4.59. The molecule has 4 unspecified atom stereocenters. The molecular weight excluding hydrogens is 570 g/mol. The second-order valence-corrected chi connectivity index (χ2v) is 9.09. The van der Waals surface area contributed by atoms with Gasteiger partial charge in [0.15, 0.2) is 0 Å². The van der Waals surface area contributed by atoms with Gasteiger partial charge in [-0.15, -0.1) is 4.33 Å². The molecule has 0 amide bonds. The summed E-state index contributed by atoms with van der Waals surface area (Å²) in [5.74, 6) is -44.3. The molecule has 0 spiro atoms. The molecule has 2 aliphatic rings. The Kier molecular flexibility index (Phi) is 8.15. The Balaban J connectivity index is 2.43. The highest BCUT2D eigenvalue weighted by Crippen LogP contribution is 2.63. The fourth-order valence-electron chi connectivity index (χ4n) is 4.10. The number of rotatable bonds is 11. The van der Waals surface area contributed by atoms with Crippen LogP contribution in [0.3, 0.4) is 0 Å². The van der Waals surface area contributed by atoms with Crippen LogP contribution in [0.15, 0.2) is 0 Å². The van der Waals surface area contributed by atoms with E-state index in [0.29, 0.717) is 19.3 Å². The van der Waals surface area contributed by atoms with E-state index >= 15 is 0 Å². The predicted octanol–water partition coefficient (Wildman–Crippen LogP) is 6.44. The molecule has 212 valence electrons. The molecule has 1 N–H and O–H groups in total. The molecule has 0 heterocycles. The monoisotopic (exact) mass is 584 g/mol. The smallest absolute Gasteiger partial charge is 0.460 e. The second-order valence-electron chi connectivity index (χ2n) is 8.22. The van der Waals surface area contributed by atoms with Gasteiger partial charge in [0, 0.05) is 0 Å². The van der Waals surface area contributed by atoms with Gasteiger partial charge in [-0.1, -0.05) is 11.5 Å². The van der Waals surface area contributed by atoms with Gasteiger partial charge >= 0.3 is 46.8 Å². The molecule has 20 heteroatoms. The summed E-state index contributed by atoms with van der Waals surface area (Å²) >= 11 is -2.03. The van der Waals surface area contributed by atoms with E-state index in [9.17, 15) is 66.3 Å². The van der Waals surface area contributed by atoms with E-state index in [1.54, 1.807) is 0 Å². The van der Waals surface area contributed by atoms with Crippen molar-refractivity contribution < 1.29 is 85.6 Å². The van der Waals surface area contributed by atoms with Gasteiger partial charge in [-0.25, -0.2) is 14.4 Å². The molecule has 4 atom stereocenters. The maximum atomic E-state index is 14.9. The topological polar surface area (TPSA) is 65.0 Å². The van der Waals surface area contributed by atoms with Crippen molar-refractivity contribution in [3.8, 4) is 0 Å². The molecular formula is C16H14F14O5S. The van der Waals surface area contributed by atoms with Gasteiger partial charge < -0.3 is 4.74 Å². The van der Waals surface area contributed by atoms with Crippen molar-refractivity contribution in [2.75, 3.05) is 6.61 Å². The molecule has 2 bridgehead atoms. The van der Waals surface area contributed by atoms with Crippen LogP contribution < -0.4 is 0 Å². The second kappa shape index (κ2) is 9.48. The highest BCUT2D eigenvalue weighted by atomic mass is 32.2. The molecule has 36 heavy (non-hydrogen) atoms. The molecule has 2 saturated carbocycles. The van der Waals surface area contributed by atoms with Crippen molar-refractivity contribution in [2.45, 2.75) is 66.5 Å². The Morgan fingerprint density at radius 1 is 0.750 bits per heavy atom. The molecule has 0 aromatic heterocycles. The summed E-state index contributed by atoms with van der Waals surface area (Å²) in [5.41, 5.74) is 0. The van der Waals surface area contributed by atoms with Crippen LogP contribution in [0.1, 0.15) is 25.7 Å². The fraction of sp³-hybridized carbons (Fsp3) is 0.938. The van der Waals surface area contributed by atoms with E-state index in [-0.39, 0.29) is 11.8 Å². The number of carbonyl (C=O) groups excluding carboxylic acids is 1. The van der Waals surface area contributed by atoms with Gasteiger partial charge in [-0.3, -0.25) is 0 Å². The molecule has 2 fully saturated rings. The summed E-state index contributed by atoms with van der Waals surface area (Å²) in [7, 11) is 0. The standard InChI is InChI=1S/C16H14F14O5S/c17-10(36-35-34-32,9(31)33-5-8-4-6-1-2-7(8)3-6)11(18,19)12(20,21)13(22,23)14(24,25)15(26,27)16(28,29)30/h6-8,32H,1-5H2. The van der Waals surface area contributed by atoms with Crippen molar-refractivity contribution >= 4 is 18.0 Å². The Hall–Kier alpha value is -1.28. The van der Waals surface area contributed by atoms with Gasteiger partial charge in [0.1, 0.15) is 0 Å². The lowest BCUT2D eigenvalue weighted by Gasteiger charge is -2.42. The number of alkyl halides is 14. The third kappa shape index (κ3) is 4.48. The molecule has 0 radical (unpaired) electrons. The van der Waals surface area contributed by atoms with E-state index in [0.717, 1.165) is 6.42 Å². The lowest BCUT2D eigenvalue weighted by Crippen LogP contribution is -2.73. The normalized spacial score (nSPS) is 25.7. The Bertz CT molecular complexity index is 822. The summed E-state index contributed by atoms with van der Waals surface area (Å²) in [5, 5.41) is 4.50. The molecule has 2 rings (SSSR count). The van der Waals surface area contributed by atoms with Crippen LogP contribution in [0, 0.1) is 17.8 Å². The van der Waals surface area contributed by atoms with Gasteiger partial charge in [-0.2, -0.15) is 57.1 Å². The van der Waals surface area contributed by atoms with Crippen molar-refractivity contribution in [2.24, 2.45) is 17.8 Å². The third-order valence-electron chi connectivity index (χ3n) is 6.09. The number of carbonyl (C=O) groups is 1. The number of hydrogen-bond donors (Lipinski definition) is 1. The number of esters is 1. The minimum atomic E-state index is -8.36. The largest absolute Gasteiger partial charge is 0.462 e. The van der Waals surface area contributed by atoms with E-state index in [1.165, 1.54) is 0 Å². The average Bonchev–Trinajstić information content (AvgIpc) is 3.37. The maximum Gasteiger partial charge on any atom is 0.460 e. The first-order valence-corrected chi connectivity index (χ1v) is 10.2. The Morgan fingerprint density at radius 2 is 1.25 bits per heavy atom. The molecule has 5 nitrogen and oxygen atoms in total. The maximum absolute atomic E-state index is 14.9. The van der Waals surface area contributed by atoms with Crippen LogP contribution in [0.5, 0.6) is 0 Å². The van der Waals surface area contributed by atoms with E-state index in [2.05, 4.69) is 14.1 Å². The van der Waals surface area contributed by atoms with E-state index in [4.69, 9.17) is 5.26 Å². The summed E-state index contributed by atoms with van der Waals surface area (Å²) in [6, 6.07) is 0. The Morgan fingerprint density at radius 3 is 1.67 bits per heavy atom. The highest BCUT2D eigenvalue weighted by Gasteiger charge is 2.94. The summed E-state index contributed by atoms with van der Waals surface area (Å²) in [6.45, 7) is -0.966. The third-order valence-corrected chi connectivity index (χ3v) is 6.87. The van der Waals surface area contributed by atoms with Crippen molar-refractivity contribution in [3.05, 3.63) is 0 Å². The van der Waals surface area contributed by atoms with Crippen LogP contribution in [-0.2, 0) is 18.9 Å². The number of ether oxygens (including phenoxy) is 1. The van der Waals surface area contributed by atoms with Crippen molar-refractivity contribution in [1.29, 1.82) is 0 Å². The zero-order chi connectivity index (χ0) is 28.2. The first-order chi connectivity index (χ1) is 16.0. The molecule has 0 saturated heterocycles. The minimum Gasteiger partial charge on any atom is -0.462 e. The lowest BCUT2D eigenvalue weighted by atomic mass is 9.89. The number of halogens is 14. The van der Waals surface area contributed by atoms with Crippen LogP contribution >= 0.6 is 12.0 Å². The van der Waals surface area contributed by atoms with E-state index in [1.807, 2.05) is 0 Å². The lowest BCUT2D eigenvalue weighted by molar-refractivity contribution is -0.445. The number of fused-ring (bicyclic) bond motifs is 2. The summed E-state index contributed by atoms with van der Waals surface area (Å²) < 4.78 is 196. The molecule has 2 aliphatic carbocycles. The van der Waals surface area contributed by atoms with Crippen LogP contribution in [0.4, 0.5) is 61.5 Å². The average molecular weight is 584 g/mol. The molecule has 0 aliphatic heterocycles. The summed E-state index contributed by atoms with van der Waals surface area (Å²) in [6.07, 6.45) is -5.52. The predicted molar refractivity (Wildman–Crippen MR) is 86.9 cm³/mol. The van der Waals surface area contributed by atoms with Crippen molar-refractivity contribution in [1.82, 2.24) is 0 Å². The Labute approximate surface area is 195 Å². The SMILES string of the molecule is O=C(OCC1CC2CCC1C2)C(F)(SOOO)C(F)(F)C(F)(F)C(F)(F)C(F)(F)C(F)(F)C(F)(F)F. The first kappa shape index (κ1) is 30.9. The van der Waals surface area contributed by atoms with Gasteiger partial charge in [0.05, 0.1) is 18.6 Å². The number of hydrogen-bond acceptors (Lipinski definition) is 6. The first-order valence-electron chi connectivity index (χ1n) is 9.50. The zero-order valence-electron chi connectivity index (χ0n) is 17.0. The van der Waals surface area contributed by atoms with Gasteiger partial charge in [-0.05, 0) is 37.0 Å². The van der Waals surface area contributed by atoms with Crippen LogP contribution in [0.2, 0.25) is 0 Å². The molecule has 0 aromatic rings. The van der Waals surface area contributed by atoms with Crippen LogP contribution in [-0.4, -0.2) is 58.6 Å². The van der Waals surface area contributed by atoms with Crippen molar-refractivity contribution in [3.63, 3.8) is 0 Å². The minimum absolute atomic E-state index is 0.0938. The molecule has 0 aromatic carbocycles. The highest BCUT2D eigenvalue weighted by molar-refractivity contribution is 7.96.